The first kappa shape index (κ1) is 17.0. The minimum absolute atomic E-state index is 0.167. The molecule has 1 rings (SSSR count). The number of rotatable bonds is 10. The molecule has 1 aromatic carbocycles. The first-order chi connectivity index (χ1) is 9.72. The van der Waals surface area contributed by atoms with Crippen molar-refractivity contribution in [3.05, 3.63) is 29.8 Å². The maximum Gasteiger partial charge on any atom is 0.118 e. The van der Waals surface area contributed by atoms with Gasteiger partial charge in [0.25, 0.3) is 0 Å². The van der Waals surface area contributed by atoms with E-state index in [-0.39, 0.29) is 12.1 Å². The summed E-state index contributed by atoms with van der Waals surface area (Å²) < 4.78 is 11.2. The first-order valence-corrected chi connectivity index (χ1v) is 7.71. The molecule has 0 saturated heterocycles. The summed E-state index contributed by atoms with van der Waals surface area (Å²) in [7, 11) is 1.69. The summed E-state index contributed by atoms with van der Waals surface area (Å²) in [5.41, 5.74) is 1.25. The second-order valence-corrected chi connectivity index (χ2v) is 5.09. The molecule has 0 heterocycles. The fraction of sp³-hybridized carbons (Fsp3) is 0.647. The van der Waals surface area contributed by atoms with Gasteiger partial charge in [-0.1, -0.05) is 38.8 Å². The first-order valence-electron chi connectivity index (χ1n) is 7.71. The molecule has 114 valence electrons. The Kier molecular flexibility index (Phi) is 8.31. The number of nitrogens with one attached hydrogen (secondary N) is 1. The van der Waals surface area contributed by atoms with Crippen molar-refractivity contribution in [2.24, 2.45) is 0 Å². The lowest BCUT2D eigenvalue weighted by molar-refractivity contribution is 0.0366. The Balaban J connectivity index is 2.61. The van der Waals surface area contributed by atoms with Crippen molar-refractivity contribution in [2.45, 2.75) is 52.2 Å². The molecule has 0 spiro atoms. The van der Waals surface area contributed by atoms with Crippen LogP contribution in [0.15, 0.2) is 24.3 Å². The molecule has 0 saturated carbocycles. The van der Waals surface area contributed by atoms with Crippen molar-refractivity contribution in [1.82, 2.24) is 5.32 Å². The van der Waals surface area contributed by atoms with Crippen LogP contribution >= 0.6 is 0 Å². The fourth-order valence-corrected chi connectivity index (χ4v) is 2.30. The van der Waals surface area contributed by atoms with Crippen LogP contribution in [0.1, 0.15) is 51.6 Å². The lowest BCUT2D eigenvalue weighted by Gasteiger charge is -2.25. The molecule has 0 aliphatic rings. The number of hydrogen-bond donors (Lipinski definition) is 1. The van der Waals surface area contributed by atoms with Crippen LogP contribution in [-0.2, 0) is 4.74 Å². The smallest absolute Gasteiger partial charge is 0.118 e. The molecule has 2 unspecified atom stereocenters. The molecule has 20 heavy (non-hydrogen) atoms. The third-order valence-corrected chi connectivity index (χ3v) is 3.50. The van der Waals surface area contributed by atoms with E-state index in [1.165, 1.54) is 18.4 Å². The van der Waals surface area contributed by atoms with Crippen LogP contribution in [0.3, 0.4) is 0 Å². The molecule has 1 aromatic rings. The lowest BCUT2D eigenvalue weighted by atomic mass is 10.0. The van der Waals surface area contributed by atoms with Crippen molar-refractivity contribution < 1.29 is 9.47 Å². The molecule has 3 heteroatoms. The molecule has 0 radical (unpaired) electrons. The Morgan fingerprint density at radius 2 is 1.80 bits per heavy atom. The van der Waals surface area contributed by atoms with Gasteiger partial charge in [0.15, 0.2) is 0 Å². The van der Waals surface area contributed by atoms with Crippen molar-refractivity contribution in [1.29, 1.82) is 0 Å². The van der Waals surface area contributed by atoms with E-state index < -0.39 is 0 Å². The Hall–Kier alpha value is -1.06. The van der Waals surface area contributed by atoms with Crippen LogP contribution < -0.4 is 10.1 Å². The topological polar surface area (TPSA) is 30.5 Å². The molecule has 2 atom stereocenters. The highest BCUT2D eigenvalue weighted by molar-refractivity contribution is 5.29. The number of benzene rings is 1. The zero-order valence-electron chi connectivity index (χ0n) is 13.3. The second-order valence-electron chi connectivity index (χ2n) is 5.09. The number of hydrogen-bond acceptors (Lipinski definition) is 3. The van der Waals surface area contributed by atoms with Crippen LogP contribution in [0.25, 0.3) is 0 Å². The van der Waals surface area contributed by atoms with E-state index in [0.29, 0.717) is 0 Å². The summed E-state index contributed by atoms with van der Waals surface area (Å²) in [6, 6.07) is 8.45. The van der Waals surface area contributed by atoms with E-state index >= 15 is 0 Å². The summed E-state index contributed by atoms with van der Waals surface area (Å²) in [6.07, 6.45) is 3.77. The third kappa shape index (κ3) is 5.51. The zero-order chi connectivity index (χ0) is 14.8. The monoisotopic (exact) mass is 279 g/mol. The molecule has 0 aliphatic heterocycles. The Morgan fingerprint density at radius 1 is 1.10 bits per heavy atom. The van der Waals surface area contributed by atoms with E-state index in [4.69, 9.17) is 9.47 Å². The van der Waals surface area contributed by atoms with Crippen molar-refractivity contribution in [3.8, 4) is 5.75 Å². The van der Waals surface area contributed by atoms with Crippen LogP contribution in [-0.4, -0.2) is 26.4 Å². The Bertz CT molecular complexity index is 351. The highest BCUT2D eigenvalue weighted by atomic mass is 16.5. The average Bonchev–Trinajstić information content (AvgIpc) is 2.49. The third-order valence-electron chi connectivity index (χ3n) is 3.50. The van der Waals surface area contributed by atoms with E-state index in [9.17, 15) is 0 Å². The van der Waals surface area contributed by atoms with Gasteiger partial charge in [-0.2, -0.15) is 0 Å². The summed E-state index contributed by atoms with van der Waals surface area (Å²) in [4.78, 5) is 0. The summed E-state index contributed by atoms with van der Waals surface area (Å²) in [6.45, 7) is 8.25. The standard InChI is InChI=1S/C17H29NO2/c1-5-7-8-13-20-14(3)17(18-6-2)15-9-11-16(19-4)12-10-15/h9-12,14,17-18H,5-8,13H2,1-4H3. The van der Waals surface area contributed by atoms with Crippen molar-refractivity contribution in [3.63, 3.8) is 0 Å². The minimum Gasteiger partial charge on any atom is -0.497 e. The molecule has 0 aromatic heterocycles. The Morgan fingerprint density at radius 3 is 2.35 bits per heavy atom. The quantitative estimate of drug-likeness (QED) is 0.658. The van der Waals surface area contributed by atoms with Gasteiger partial charge in [-0.25, -0.2) is 0 Å². The fourth-order valence-electron chi connectivity index (χ4n) is 2.30. The number of likely N-dealkylation sites (N-methyl/N-ethyl adjacent to an activating group) is 1. The van der Waals surface area contributed by atoms with Gasteiger partial charge in [0.05, 0.1) is 19.3 Å². The molecule has 0 amide bonds. The van der Waals surface area contributed by atoms with Crippen molar-refractivity contribution >= 4 is 0 Å². The van der Waals surface area contributed by atoms with Crippen LogP contribution in [0.4, 0.5) is 0 Å². The predicted molar refractivity (Wildman–Crippen MR) is 84.4 cm³/mol. The van der Waals surface area contributed by atoms with Gasteiger partial charge in [-0.3, -0.25) is 0 Å². The normalized spacial score (nSPS) is 14.0. The SMILES string of the molecule is CCCCCOC(C)C(NCC)c1ccc(OC)cc1. The van der Waals surface area contributed by atoms with E-state index in [1.807, 2.05) is 12.1 Å². The Labute approximate surface area is 123 Å². The van der Waals surface area contributed by atoms with Crippen molar-refractivity contribution in [2.75, 3.05) is 20.3 Å². The van der Waals surface area contributed by atoms with Crippen LogP contribution in [0.2, 0.25) is 0 Å². The zero-order valence-corrected chi connectivity index (χ0v) is 13.3. The maximum absolute atomic E-state index is 5.98. The highest BCUT2D eigenvalue weighted by Crippen LogP contribution is 2.22. The van der Waals surface area contributed by atoms with Gasteiger partial charge >= 0.3 is 0 Å². The number of methoxy groups -OCH3 is 1. The van der Waals surface area contributed by atoms with Gasteiger partial charge in [0.2, 0.25) is 0 Å². The van der Waals surface area contributed by atoms with E-state index in [1.54, 1.807) is 7.11 Å². The number of ether oxygens (including phenoxy) is 2. The molecule has 0 bridgehead atoms. The number of unbranched alkanes of at least 4 members (excludes halogenated alkanes) is 2. The predicted octanol–water partition coefficient (Wildman–Crippen LogP) is 3.94. The average molecular weight is 279 g/mol. The molecule has 1 N–H and O–H groups in total. The lowest BCUT2D eigenvalue weighted by Crippen LogP contribution is -2.32. The summed E-state index contributed by atoms with van der Waals surface area (Å²) in [5.74, 6) is 0.889. The molecule has 0 aliphatic carbocycles. The van der Waals surface area contributed by atoms with Crippen LogP contribution in [0.5, 0.6) is 5.75 Å². The summed E-state index contributed by atoms with van der Waals surface area (Å²) in [5, 5.41) is 3.51. The van der Waals surface area contributed by atoms with Gasteiger partial charge in [0.1, 0.15) is 5.75 Å². The van der Waals surface area contributed by atoms with E-state index in [2.05, 4.69) is 38.2 Å². The second kappa shape index (κ2) is 9.78. The van der Waals surface area contributed by atoms with Gasteiger partial charge in [-0.05, 0) is 37.6 Å². The molecular formula is C17H29NO2. The van der Waals surface area contributed by atoms with Crippen LogP contribution in [0, 0.1) is 0 Å². The largest absolute Gasteiger partial charge is 0.497 e. The summed E-state index contributed by atoms with van der Waals surface area (Å²) >= 11 is 0. The molecule has 0 fully saturated rings. The van der Waals surface area contributed by atoms with Gasteiger partial charge < -0.3 is 14.8 Å². The van der Waals surface area contributed by atoms with Gasteiger partial charge in [0, 0.05) is 6.61 Å². The van der Waals surface area contributed by atoms with Gasteiger partial charge in [-0.15, -0.1) is 0 Å². The molecular weight excluding hydrogens is 250 g/mol. The minimum atomic E-state index is 0.167. The molecule has 3 nitrogen and oxygen atoms in total. The highest BCUT2D eigenvalue weighted by Gasteiger charge is 2.18. The van der Waals surface area contributed by atoms with E-state index in [0.717, 1.165) is 25.3 Å². The maximum atomic E-state index is 5.98.